The van der Waals surface area contributed by atoms with Crippen molar-refractivity contribution in [3.05, 3.63) is 0 Å². The maximum atomic E-state index is 11.9. The minimum Gasteiger partial charge on any atom is -0.444 e. The van der Waals surface area contributed by atoms with Crippen LogP contribution in [0.3, 0.4) is 0 Å². The number of morpholine rings is 1. The number of rotatable bonds is 6. The van der Waals surface area contributed by atoms with E-state index in [0.717, 1.165) is 39.2 Å². The molecule has 146 valence electrons. The highest BCUT2D eigenvalue weighted by Gasteiger charge is 2.28. The lowest BCUT2D eigenvalue weighted by molar-refractivity contribution is -0.0277. The highest BCUT2D eigenvalue weighted by atomic mass is 16.6. The molecule has 2 N–H and O–H groups in total. The van der Waals surface area contributed by atoms with Crippen LogP contribution in [0.1, 0.15) is 53.4 Å². The van der Waals surface area contributed by atoms with Gasteiger partial charge in [-0.2, -0.15) is 0 Å². The molecule has 2 aliphatic rings. The third-order valence-electron chi connectivity index (χ3n) is 5.09. The van der Waals surface area contributed by atoms with Gasteiger partial charge in [0.25, 0.3) is 0 Å². The Kier molecular flexibility index (Phi) is 7.97. The van der Waals surface area contributed by atoms with Crippen LogP contribution in [-0.2, 0) is 9.47 Å². The van der Waals surface area contributed by atoms with Crippen LogP contribution in [0.5, 0.6) is 0 Å². The molecular weight excluding hydrogens is 318 g/mol. The lowest BCUT2D eigenvalue weighted by atomic mass is 9.84. The van der Waals surface area contributed by atoms with Crippen LogP contribution in [0.25, 0.3) is 0 Å². The zero-order chi connectivity index (χ0) is 18.3. The number of nitrogens with zero attached hydrogens (tertiary/aromatic N) is 1. The second-order valence-electron chi connectivity index (χ2n) is 8.33. The largest absolute Gasteiger partial charge is 0.444 e. The standard InChI is InChI=1S/C19H37N3O3/c1-5-22-10-11-24-16(14-22)13-20-17-9-7-6-8-15(17)12-21-18(23)25-19(2,3)4/h15-17,20H,5-14H2,1-4H3,(H,21,23). The van der Waals surface area contributed by atoms with Gasteiger partial charge in [0.1, 0.15) is 5.60 Å². The molecule has 1 saturated heterocycles. The maximum absolute atomic E-state index is 11.9. The Morgan fingerprint density at radius 3 is 2.72 bits per heavy atom. The lowest BCUT2D eigenvalue weighted by Gasteiger charge is -2.36. The van der Waals surface area contributed by atoms with Crippen LogP contribution in [0.4, 0.5) is 4.79 Å². The molecule has 1 aliphatic heterocycles. The van der Waals surface area contributed by atoms with Crippen molar-refractivity contribution < 1.29 is 14.3 Å². The summed E-state index contributed by atoms with van der Waals surface area (Å²) < 4.78 is 11.2. The summed E-state index contributed by atoms with van der Waals surface area (Å²) in [7, 11) is 0. The van der Waals surface area contributed by atoms with E-state index >= 15 is 0 Å². The van der Waals surface area contributed by atoms with Gasteiger partial charge in [-0.05, 0) is 46.1 Å². The van der Waals surface area contributed by atoms with Crippen molar-refractivity contribution >= 4 is 6.09 Å². The topological polar surface area (TPSA) is 62.8 Å². The first-order chi connectivity index (χ1) is 11.9. The van der Waals surface area contributed by atoms with Crippen molar-refractivity contribution in [2.75, 3.05) is 39.3 Å². The van der Waals surface area contributed by atoms with Crippen molar-refractivity contribution in [3.8, 4) is 0 Å². The number of amides is 1. The molecule has 25 heavy (non-hydrogen) atoms. The first kappa shape index (κ1) is 20.5. The molecule has 6 nitrogen and oxygen atoms in total. The predicted octanol–water partition coefficient (Wildman–Crippen LogP) is 2.38. The molecule has 0 spiro atoms. The average Bonchev–Trinajstić information content (AvgIpc) is 2.57. The molecule has 0 aromatic heterocycles. The second kappa shape index (κ2) is 9.74. The first-order valence-corrected chi connectivity index (χ1v) is 9.91. The number of alkyl carbamates (subject to hydrolysis) is 1. The summed E-state index contributed by atoms with van der Waals surface area (Å²) in [5, 5.41) is 6.67. The van der Waals surface area contributed by atoms with Gasteiger partial charge in [-0.3, -0.25) is 4.90 Å². The number of hydrogen-bond donors (Lipinski definition) is 2. The Morgan fingerprint density at radius 2 is 2.00 bits per heavy atom. The molecule has 6 heteroatoms. The fraction of sp³-hybridized carbons (Fsp3) is 0.947. The van der Waals surface area contributed by atoms with Crippen molar-refractivity contribution in [1.82, 2.24) is 15.5 Å². The van der Waals surface area contributed by atoms with Crippen molar-refractivity contribution in [3.63, 3.8) is 0 Å². The maximum Gasteiger partial charge on any atom is 0.407 e. The molecule has 0 aromatic rings. The molecular formula is C19H37N3O3. The third-order valence-corrected chi connectivity index (χ3v) is 5.09. The molecule has 3 atom stereocenters. The Hall–Kier alpha value is -0.850. The van der Waals surface area contributed by atoms with Gasteiger partial charge in [0.2, 0.25) is 0 Å². The predicted molar refractivity (Wildman–Crippen MR) is 99.8 cm³/mol. The molecule has 3 unspecified atom stereocenters. The highest BCUT2D eigenvalue weighted by Crippen LogP contribution is 2.24. The van der Waals surface area contributed by atoms with Gasteiger partial charge in [-0.15, -0.1) is 0 Å². The summed E-state index contributed by atoms with van der Waals surface area (Å²) in [4.78, 5) is 14.3. The summed E-state index contributed by atoms with van der Waals surface area (Å²) in [5.74, 6) is 0.465. The highest BCUT2D eigenvalue weighted by molar-refractivity contribution is 5.67. The van der Waals surface area contributed by atoms with Gasteiger partial charge in [-0.25, -0.2) is 4.79 Å². The Balaban J connectivity index is 1.75. The van der Waals surface area contributed by atoms with Crippen molar-refractivity contribution in [2.24, 2.45) is 5.92 Å². The van der Waals surface area contributed by atoms with E-state index in [1.54, 1.807) is 0 Å². The lowest BCUT2D eigenvalue weighted by Crippen LogP contribution is -2.51. The summed E-state index contributed by atoms with van der Waals surface area (Å²) in [5.41, 5.74) is -0.447. The van der Waals surface area contributed by atoms with Crippen LogP contribution in [0.2, 0.25) is 0 Å². The van der Waals surface area contributed by atoms with Crippen LogP contribution in [0.15, 0.2) is 0 Å². The smallest absolute Gasteiger partial charge is 0.407 e. The molecule has 1 saturated carbocycles. The Labute approximate surface area is 153 Å². The molecule has 0 bridgehead atoms. The zero-order valence-electron chi connectivity index (χ0n) is 16.5. The van der Waals surface area contributed by atoms with Crippen molar-refractivity contribution in [1.29, 1.82) is 0 Å². The SMILES string of the molecule is CCN1CCOC(CNC2CCCCC2CNC(=O)OC(C)(C)C)C1. The van der Waals surface area contributed by atoms with Crippen LogP contribution >= 0.6 is 0 Å². The molecule has 0 aromatic carbocycles. The van der Waals surface area contributed by atoms with Crippen molar-refractivity contribution in [2.45, 2.75) is 71.1 Å². The number of ether oxygens (including phenoxy) is 2. The van der Waals surface area contributed by atoms with E-state index in [2.05, 4.69) is 22.5 Å². The quantitative estimate of drug-likeness (QED) is 0.766. The summed E-state index contributed by atoms with van der Waals surface area (Å²) in [6, 6.07) is 0.448. The van der Waals surface area contributed by atoms with E-state index < -0.39 is 5.60 Å². The molecule has 1 heterocycles. The van der Waals surface area contributed by atoms with E-state index in [1.807, 2.05) is 20.8 Å². The van der Waals surface area contributed by atoms with Gasteiger partial charge in [0.15, 0.2) is 0 Å². The van der Waals surface area contributed by atoms with Gasteiger partial charge in [0, 0.05) is 32.2 Å². The summed E-state index contributed by atoms with van der Waals surface area (Å²) >= 11 is 0. The number of likely N-dealkylation sites (N-methyl/N-ethyl adjacent to an activating group) is 1. The van der Waals surface area contributed by atoms with Gasteiger partial charge in [0.05, 0.1) is 12.7 Å². The summed E-state index contributed by atoms with van der Waals surface area (Å²) in [6.07, 6.45) is 4.78. The number of carbonyl (C=O) groups excluding carboxylic acids is 1. The fourth-order valence-corrected chi connectivity index (χ4v) is 3.72. The Bertz CT molecular complexity index is 411. The molecule has 1 amide bonds. The van der Waals surface area contributed by atoms with Crippen LogP contribution < -0.4 is 10.6 Å². The number of nitrogens with one attached hydrogen (secondary N) is 2. The van der Waals surface area contributed by atoms with E-state index in [9.17, 15) is 4.79 Å². The van der Waals surface area contributed by atoms with E-state index in [0.29, 0.717) is 18.5 Å². The minimum absolute atomic E-state index is 0.273. The Morgan fingerprint density at radius 1 is 1.24 bits per heavy atom. The fourth-order valence-electron chi connectivity index (χ4n) is 3.72. The van der Waals surface area contributed by atoms with E-state index in [-0.39, 0.29) is 12.2 Å². The molecule has 1 aliphatic carbocycles. The average molecular weight is 356 g/mol. The van der Waals surface area contributed by atoms with E-state index in [1.165, 1.54) is 19.3 Å². The zero-order valence-corrected chi connectivity index (χ0v) is 16.5. The van der Waals surface area contributed by atoms with E-state index in [4.69, 9.17) is 9.47 Å². The van der Waals surface area contributed by atoms with Gasteiger partial charge >= 0.3 is 6.09 Å². The number of hydrogen-bond acceptors (Lipinski definition) is 5. The summed E-state index contributed by atoms with van der Waals surface area (Å²) in [6.45, 7) is 13.4. The monoisotopic (exact) mass is 355 g/mol. The van der Waals surface area contributed by atoms with Crippen LogP contribution in [-0.4, -0.2) is 68.1 Å². The molecule has 2 fully saturated rings. The van der Waals surface area contributed by atoms with Crippen LogP contribution in [0, 0.1) is 5.92 Å². The minimum atomic E-state index is -0.447. The van der Waals surface area contributed by atoms with Gasteiger partial charge in [-0.1, -0.05) is 19.8 Å². The normalized spacial score (nSPS) is 28.6. The first-order valence-electron chi connectivity index (χ1n) is 9.91. The van der Waals surface area contributed by atoms with Gasteiger partial charge < -0.3 is 20.1 Å². The number of carbonyl (C=O) groups is 1. The second-order valence-corrected chi connectivity index (χ2v) is 8.33. The third kappa shape index (κ3) is 7.50. The molecule has 0 radical (unpaired) electrons. The molecule has 2 rings (SSSR count).